The molecule has 11 nitrogen and oxygen atoms in total. The van der Waals surface area contributed by atoms with Gasteiger partial charge >= 0.3 is 11.9 Å². The Kier molecular flexibility index (Phi) is 8.90. The second kappa shape index (κ2) is 12.0. The van der Waals surface area contributed by atoms with Crippen LogP contribution in [0.4, 0.5) is 5.00 Å². The van der Waals surface area contributed by atoms with Gasteiger partial charge in [-0.15, -0.1) is 11.3 Å². The summed E-state index contributed by atoms with van der Waals surface area (Å²) in [6.45, 7) is 4.04. The number of fused-ring (bicyclic) bond motifs is 2. The molecule has 0 fully saturated rings. The fourth-order valence-corrected chi connectivity index (χ4v) is 7.98. The molecule has 1 aromatic carbocycles. The summed E-state index contributed by atoms with van der Waals surface area (Å²) in [6.07, 6.45) is 2.32. The van der Waals surface area contributed by atoms with Crippen molar-refractivity contribution in [2.24, 2.45) is 18.0 Å². The quantitative estimate of drug-likeness (QED) is 0.384. The Labute approximate surface area is 238 Å². The van der Waals surface area contributed by atoms with E-state index in [0.29, 0.717) is 28.1 Å². The standard InChI is InChI=1S/C26H29N3O8S3/c1-5-37-24(32)15-7-9-17-19(11-15)39-26(29(17)3)28-21(31)13-40(34,35)12-20(30)27-23-22(25(33)36-4)16-8-6-14(2)10-18(16)38-23/h7,9,11,14H,5-6,8,10,12-13H2,1-4H3,(H,27,30). The number of sulfone groups is 1. The summed E-state index contributed by atoms with van der Waals surface area (Å²) in [6, 6.07) is 4.90. The number of benzene rings is 1. The molecule has 0 spiro atoms. The van der Waals surface area contributed by atoms with E-state index in [0.717, 1.165) is 34.6 Å². The molecule has 2 amide bonds. The predicted octanol–water partition coefficient (Wildman–Crippen LogP) is 2.87. The number of esters is 2. The molecule has 0 saturated carbocycles. The number of hydrogen-bond donors (Lipinski definition) is 1. The number of carbonyl (C=O) groups excluding carboxylic acids is 4. The van der Waals surface area contributed by atoms with Crippen LogP contribution in [0.1, 0.15) is 51.4 Å². The monoisotopic (exact) mass is 607 g/mol. The number of hydrogen-bond acceptors (Lipinski definition) is 10. The summed E-state index contributed by atoms with van der Waals surface area (Å²) in [5, 5.41) is 2.80. The number of ether oxygens (including phenoxy) is 2. The van der Waals surface area contributed by atoms with Crippen molar-refractivity contribution in [1.29, 1.82) is 0 Å². The molecule has 214 valence electrons. The molecule has 3 aromatic rings. The maximum Gasteiger partial charge on any atom is 0.341 e. The molecule has 1 aliphatic rings. The highest BCUT2D eigenvalue weighted by Crippen LogP contribution is 2.40. The average molecular weight is 608 g/mol. The van der Waals surface area contributed by atoms with Crippen LogP contribution >= 0.6 is 22.7 Å². The molecule has 1 aliphatic carbocycles. The first kappa shape index (κ1) is 29.6. The number of aromatic nitrogens is 1. The third kappa shape index (κ3) is 6.50. The van der Waals surface area contributed by atoms with Gasteiger partial charge in [0.1, 0.15) is 16.5 Å². The summed E-state index contributed by atoms with van der Waals surface area (Å²) in [4.78, 5) is 54.9. The molecule has 1 N–H and O–H groups in total. The van der Waals surface area contributed by atoms with E-state index >= 15 is 0 Å². The molecule has 1 atom stereocenters. The molecule has 1 unspecified atom stereocenters. The van der Waals surface area contributed by atoms with Gasteiger partial charge in [0.25, 0.3) is 5.91 Å². The van der Waals surface area contributed by atoms with E-state index in [-0.39, 0.29) is 22.0 Å². The Morgan fingerprint density at radius 2 is 1.90 bits per heavy atom. The van der Waals surface area contributed by atoms with Gasteiger partial charge in [-0.3, -0.25) is 9.59 Å². The van der Waals surface area contributed by atoms with E-state index in [9.17, 15) is 27.6 Å². The van der Waals surface area contributed by atoms with Crippen LogP contribution in [-0.4, -0.2) is 62.0 Å². The second-order valence-corrected chi connectivity index (χ2v) is 13.7. The number of rotatable bonds is 8. The largest absolute Gasteiger partial charge is 0.465 e. The number of carbonyl (C=O) groups is 4. The van der Waals surface area contributed by atoms with Gasteiger partial charge in [-0.2, -0.15) is 4.99 Å². The normalized spacial score (nSPS) is 15.5. The molecular formula is C26H29N3O8S3. The molecule has 40 heavy (non-hydrogen) atoms. The maximum atomic E-state index is 12.7. The van der Waals surface area contributed by atoms with Gasteiger partial charge in [-0.1, -0.05) is 18.3 Å². The molecule has 2 heterocycles. The first-order valence-electron chi connectivity index (χ1n) is 12.5. The van der Waals surface area contributed by atoms with Gasteiger partial charge in [0.2, 0.25) is 5.91 Å². The summed E-state index contributed by atoms with van der Waals surface area (Å²) < 4.78 is 37.6. The maximum absolute atomic E-state index is 12.7. The fraction of sp³-hybridized carbons (Fsp3) is 0.423. The van der Waals surface area contributed by atoms with Crippen LogP contribution in [0.15, 0.2) is 23.2 Å². The smallest absolute Gasteiger partial charge is 0.341 e. The Bertz CT molecular complexity index is 1680. The lowest BCUT2D eigenvalue weighted by Gasteiger charge is -2.18. The number of thiophene rings is 1. The zero-order chi connectivity index (χ0) is 29.2. The third-order valence-electron chi connectivity index (χ3n) is 6.39. The van der Waals surface area contributed by atoms with Crippen molar-refractivity contribution in [3.63, 3.8) is 0 Å². The first-order chi connectivity index (χ1) is 18.9. The lowest BCUT2D eigenvalue weighted by molar-refractivity contribution is -0.115. The van der Waals surface area contributed by atoms with Crippen LogP contribution in [0.5, 0.6) is 0 Å². The van der Waals surface area contributed by atoms with Crippen molar-refractivity contribution >= 4 is 71.5 Å². The number of aryl methyl sites for hydroxylation is 1. The second-order valence-electron chi connectivity index (χ2n) is 9.48. The molecule has 0 radical (unpaired) electrons. The van der Waals surface area contributed by atoms with E-state index in [4.69, 9.17) is 9.47 Å². The Hall–Kier alpha value is -3.36. The van der Waals surface area contributed by atoms with Crippen molar-refractivity contribution in [2.45, 2.75) is 33.1 Å². The molecule has 0 saturated heterocycles. The van der Waals surface area contributed by atoms with Gasteiger partial charge in [0, 0.05) is 11.9 Å². The van der Waals surface area contributed by atoms with E-state index in [1.54, 1.807) is 36.7 Å². The van der Waals surface area contributed by atoms with Crippen LogP contribution in [0.2, 0.25) is 0 Å². The number of amides is 2. The van der Waals surface area contributed by atoms with Gasteiger partial charge in [-0.05, 0) is 55.9 Å². The molecule has 0 bridgehead atoms. The molecule has 4 rings (SSSR count). The minimum Gasteiger partial charge on any atom is -0.465 e. The van der Waals surface area contributed by atoms with Gasteiger partial charge in [0.05, 0.1) is 35.1 Å². The number of nitrogens with one attached hydrogen (secondary N) is 1. The van der Waals surface area contributed by atoms with Crippen LogP contribution in [-0.2, 0) is 48.8 Å². The van der Waals surface area contributed by atoms with Crippen LogP contribution in [0, 0.1) is 5.92 Å². The van der Waals surface area contributed by atoms with E-state index in [2.05, 4.69) is 17.2 Å². The highest BCUT2D eigenvalue weighted by molar-refractivity contribution is 7.92. The van der Waals surface area contributed by atoms with Gasteiger partial charge in [0.15, 0.2) is 14.6 Å². The van der Waals surface area contributed by atoms with Gasteiger partial charge in [-0.25, -0.2) is 18.0 Å². The van der Waals surface area contributed by atoms with Crippen LogP contribution < -0.4 is 10.1 Å². The summed E-state index contributed by atoms with van der Waals surface area (Å²) >= 11 is 2.36. The summed E-state index contributed by atoms with van der Waals surface area (Å²) in [5.74, 6) is -4.35. The van der Waals surface area contributed by atoms with Crippen LogP contribution in [0.25, 0.3) is 10.2 Å². The first-order valence-corrected chi connectivity index (χ1v) is 15.9. The zero-order valence-electron chi connectivity index (χ0n) is 22.4. The van der Waals surface area contributed by atoms with E-state index < -0.39 is 45.1 Å². The lowest BCUT2D eigenvalue weighted by Crippen LogP contribution is -2.28. The number of thiazole rings is 1. The average Bonchev–Trinajstić information content (AvgIpc) is 3.38. The summed E-state index contributed by atoms with van der Waals surface area (Å²) in [5.41, 5.74) is 2.13. The zero-order valence-corrected chi connectivity index (χ0v) is 24.9. The van der Waals surface area contributed by atoms with Crippen molar-refractivity contribution in [1.82, 2.24) is 4.57 Å². The highest BCUT2D eigenvalue weighted by Gasteiger charge is 2.30. The third-order valence-corrected chi connectivity index (χ3v) is 10.0. The van der Waals surface area contributed by atoms with Crippen LogP contribution in [0.3, 0.4) is 0 Å². The number of methoxy groups -OCH3 is 1. The molecule has 14 heteroatoms. The minimum absolute atomic E-state index is 0.234. The Balaban J connectivity index is 1.48. The summed E-state index contributed by atoms with van der Waals surface area (Å²) in [7, 11) is -1.26. The van der Waals surface area contributed by atoms with Crippen molar-refractivity contribution in [3.05, 3.63) is 44.6 Å². The predicted molar refractivity (Wildman–Crippen MR) is 151 cm³/mol. The Morgan fingerprint density at radius 3 is 2.60 bits per heavy atom. The highest BCUT2D eigenvalue weighted by atomic mass is 32.2. The number of anilines is 1. The van der Waals surface area contributed by atoms with E-state index in [1.165, 1.54) is 18.4 Å². The molecule has 2 aromatic heterocycles. The molecule has 0 aliphatic heterocycles. The number of nitrogens with zero attached hydrogens (tertiary/aromatic N) is 2. The lowest BCUT2D eigenvalue weighted by atomic mass is 9.88. The topological polar surface area (TPSA) is 150 Å². The minimum atomic E-state index is -4.17. The SMILES string of the molecule is CCOC(=O)c1ccc2c(c1)sc(=NC(=O)CS(=O)(=O)CC(=O)Nc1sc3c(c1C(=O)OC)CCC(C)C3)n2C. The van der Waals surface area contributed by atoms with Gasteiger partial charge < -0.3 is 19.4 Å². The molecular weight excluding hydrogens is 579 g/mol. The van der Waals surface area contributed by atoms with Crippen molar-refractivity contribution in [2.75, 3.05) is 30.5 Å². The Morgan fingerprint density at radius 1 is 1.15 bits per heavy atom. The van der Waals surface area contributed by atoms with E-state index in [1.807, 2.05) is 0 Å². The van der Waals surface area contributed by atoms with Crippen molar-refractivity contribution in [3.8, 4) is 0 Å². The van der Waals surface area contributed by atoms with Crippen molar-refractivity contribution < 1.29 is 37.1 Å². The fourth-order valence-electron chi connectivity index (χ4n) is 4.48.